The van der Waals surface area contributed by atoms with Gasteiger partial charge < -0.3 is 14.0 Å². The van der Waals surface area contributed by atoms with Gasteiger partial charge in [-0.1, -0.05) is 0 Å². The molecule has 1 aromatic carbocycles. The Morgan fingerprint density at radius 2 is 1.79 bits per heavy atom. The van der Waals surface area contributed by atoms with Crippen molar-refractivity contribution in [3.63, 3.8) is 0 Å². The molecule has 24 heavy (non-hydrogen) atoms. The molecule has 0 spiro atoms. The molecule has 2 heterocycles. The first-order valence-corrected chi connectivity index (χ1v) is 7.05. The summed E-state index contributed by atoms with van der Waals surface area (Å²) in [5.74, 6) is 0.380. The Bertz CT molecular complexity index is 842. The summed E-state index contributed by atoms with van der Waals surface area (Å²) < 4.78 is 49.6. The summed E-state index contributed by atoms with van der Waals surface area (Å²) in [6.45, 7) is 0.250. The molecule has 0 saturated heterocycles. The molecule has 0 radical (unpaired) electrons. The molecule has 2 aromatic rings. The number of pyridine rings is 1. The Morgan fingerprint density at radius 3 is 2.50 bits per heavy atom. The van der Waals surface area contributed by atoms with Gasteiger partial charge in [-0.15, -0.1) is 0 Å². The highest BCUT2D eigenvalue weighted by Crippen LogP contribution is 2.31. The summed E-state index contributed by atoms with van der Waals surface area (Å²) in [4.78, 5) is 24.0. The fourth-order valence-corrected chi connectivity index (χ4v) is 2.29. The summed E-state index contributed by atoms with van der Waals surface area (Å²) >= 11 is 0. The summed E-state index contributed by atoms with van der Waals surface area (Å²) in [5.41, 5.74) is -1.45. The van der Waals surface area contributed by atoms with Crippen LogP contribution in [0.25, 0.3) is 0 Å². The normalized spacial score (nSPS) is 13.6. The van der Waals surface area contributed by atoms with E-state index in [9.17, 15) is 22.8 Å². The zero-order valence-corrected chi connectivity index (χ0v) is 12.3. The van der Waals surface area contributed by atoms with Crippen molar-refractivity contribution in [3.8, 4) is 11.5 Å². The van der Waals surface area contributed by atoms with Gasteiger partial charge in [-0.3, -0.25) is 9.59 Å². The first-order chi connectivity index (χ1) is 11.3. The van der Waals surface area contributed by atoms with E-state index in [0.29, 0.717) is 37.0 Å². The van der Waals surface area contributed by atoms with Crippen LogP contribution in [0.2, 0.25) is 0 Å². The summed E-state index contributed by atoms with van der Waals surface area (Å²) in [6.07, 6.45) is -3.95. The lowest BCUT2D eigenvalue weighted by atomic mass is 10.1. The van der Waals surface area contributed by atoms with Crippen LogP contribution in [-0.2, 0) is 12.7 Å². The first kappa shape index (κ1) is 16.1. The largest absolute Gasteiger partial charge is 0.486 e. The number of alkyl halides is 3. The van der Waals surface area contributed by atoms with Gasteiger partial charge >= 0.3 is 6.18 Å². The average Bonchev–Trinajstić information content (AvgIpc) is 2.55. The lowest BCUT2D eigenvalue weighted by molar-refractivity contribution is -0.138. The van der Waals surface area contributed by atoms with E-state index in [0.717, 1.165) is 10.6 Å². The Kier molecular flexibility index (Phi) is 4.04. The molecular formula is C16H12F3NO4. The number of hydrogen-bond acceptors (Lipinski definition) is 4. The zero-order valence-electron chi connectivity index (χ0n) is 12.3. The van der Waals surface area contributed by atoms with E-state index < -0.39 is 29.6 Å². The number of ketones is 1. The average molecular weight is 339 g/mol. The molecular weight excluding hydrogens is 327 g/mol. The van der Waals surface area contributed by atoms with Crippen molar-refractivity contribution in [3.05, 3.63) is 58.0 Å². The van der Waals surface area contributed by atoms with Crippen LogP contribution < -0.4 is 15.0 Å². The molecule has 126 valence electrons. The van der Waals surface area contributed by atoms with Gasteiger partial charge in [0, 0.05) is 17.8 Å². The molecule has 8 heteroatoms. The maximum atomic E-state index is 12.7. The van der Waals surface area contributed by atoms with Crippen LogP contribution in [0.15, 0.2) is 41.3 Å². The quantitative estimate of drug-likeness (QED) is 0.807. The Hall–Kier alpha value is -2.77. The third kappa shape index (κ3) is 3.27. The molecule has 0 atom stereocenters. The SMILES string of the molecule is O=C(Cn1cc(C(F)(F)F)ccc1=O)c1ccc2c(c1)OCCO2. The van der Waals surface area contributed by atoms with Crippen LogP contribution in [0.3, 0.4) is 0 Å². The van der Waals surface area contributed by atoms with E-state index in [1.165, 1.54) is 12.1 Å². The molecule has 0 saturated carbocycles. The highest BCUT2D eigenvalue weighted by Gasteiger charge is 2.31. The minimum atomic E-state index is -4.59. The summed E-state index contributed by atoms with van der Waals surface area (Å²) in [6, 6.07) is 5.97. The number of Topliss-reactive ketones (excluding diaryl/α,β-unsaturated/α-hetero) is 1. The van der Waals surface area contributed by atoms with Crippen LogP contribution in [-0.4, -0.2) is 23.6 Å². The number of carbonyl (C=O) groups is 1. The molecule has 5 nitrogen and oxygen atoms in total. The number of benzene rings is 1. The first-order valence-electron chi connectivity index (χ1n) is 7.05. The van der Waals surface area contributed by atoms with Crippen LogP contribution in [0.5, 0.6) is 11.5 Å². The van der Waals surface area contributed by atoms with E-state index in [2.05, 4.69) is 0 Å². The van der Waals surface area contributed by atoms with Gasteiger partial charge in [0.1, 0.15) is 13.2 Å². The van der Waals surface area contributed by atoms with E-state index in [1.807, 2.05) is 0 Å². The van der Waals surface area contributed by atoms with Crippen LogP contribution in [0.1, 0.15) is 15.9 Å². The molecule has 0 aliphatic carbocycles. The molecule has 0 unspecified atom stereocenters. The molecule has 1 aliphatic rings. The molecule has 0 N–H and O–H groups in total. The Balaban J connectivity index is 1.86. The second-order valence-corrected chi connectivity index (χ2v) is 5.16. The van der Waals surface area contributed by atoms with Crippen molar-refractivity contribution < 1.29 is 27.4 Å². The van der Waals surface area contributed by atoms with Gasteiger partial charge in [0.05, 0.1) is 12.1 Å². The highest BCUT2D eigenvalue weighted by atomic mass is 19.4. The minimum absolute atomic E-state index is 0.226. The Labute approximate surface area is 134 Å². The third-order valence-electron chi connectivity index (χ3n) is 3.49. The second kappa shape index (κ2) is 6.03. The maximum Gasteiger partial charge on any atom is 0.417 e. The number of hydrogen-bond donors (Lipinski definition) is 0. The van der Waals surface area contributed by atoms with E-state index in [-0.39, 0.29) is 5.56 Å². The van der Waals surface area contributed by atoms with Crippen molar-refractivity contribution in [1.29, 1.82) is 0 Å². The number of rotatable bonds is 3. The Morgan fingerprint density at radius 1 is 1.08 bits per heavy atom. The number of aromatic nitrogens is 1. The molecule has 0 bridgehead atoms. The van der Waals surface area contributed by atoms with Gasteiger partial charge in [-0.2, -0.15) is 13.2 Å². The fourth-order valence-electron chi connectivity index (χ4n) is 2.29. The van der Waals surface area contributed by atoms with E-state index in [4.69, 9.17) is 9.47 Å². The third-order valence-corrected chi connectivity index (χ3v) is 3.49. The van der Waals surface area contributed by atoms with Crippen LogP contribution >= 0.6 is 0 Å². The highest BCUT2D eigenvalue weighted by molar-refractivity contribution is 5.96. The van der Waals surface area contributed by atoms with Gasteiger partial charge in [0.15, 0.2) is 17.3 Å². The van der Waals surface area contributed by atoms with Gasteiger partial charge in [-0.05, 0) is 24.3 Å². The number of carbonyl (C=O) groups excluding carboxylic acids is 1. The fraction of sp³-hybridized carbons (Fsp3) is 0.250. The van der Waals surface area contributed by atoms with Gasteiger partial charge in [0.2, 0.25) is 0 Å². The summed E-state index contributed by atoms with van der Waals surface area (Å²) in [7, 11) is 0. The van der Waals surface area contributed by atoms with E-state index >= 15 is 0 Å². The minimum Gasteiger partial charge on any atom is -0.486 e. The van der Waals surface area contributed by atoms with Crippen molar-refractivity contribution >= 4 is 5.78 Å². The molecule has 3 rings (SSSR count). The van der Waals surface area contributed by atoms with Crippen molar-refractivity contribution in [2.45, 2.75) is 12.7 Å². The lowest BCUT2D eigenvalue weighted by Gasteiger charge is -2.18. The van der Waals surface area contributed by atoms with Crippen LogP contribution in [0.4, 0.5) is 13.2 Å². The lowest BCUT2D eigenvalue weighted by Crippen LogP contribution is -2.25. The second-order valence-electron chi connectivity index (χ2n) is 5.16. The smallest absolute Gasteiger partial charge is 0.417 e. The van der Waals surface area contributed by atoms with Gasteiger partial charge in [-0.25, -0.2) is 0 Å². The predicted molar refractivity (Wildman–Crippen MR) is 77.5 cm³/mol. The zero-order chi connectivity index (χ0) is 17.3. The van der Waals surface area contributed by atoms with Crippen molar-refractivity contribution in [2.24, 2.45) is 0 Å². The monoisotopic (exact) mass is 339 g/mol. The van der Waals surface area contributed by atoms with Crippen molar-refractivity contribution in [1.82, 2.24) is 4.57 Å². The number of halogens is 3. The van der Waals surface area contributed by atoms with E-state index in [1.54, 1.807) is 6.07 Å². The molecule has 1 aliphatic heterocycles. The topological polar surface area (TPSA) is 57.5 Å². The van der Waals surface area contributed by atoms with Crippen molar-refractivity contribution in [2.75, 3.05) is 13.2 Å². The number of fused-ring (bicyclic) bond motifs is 1. The predicted octanol–water partition coefficient (Wildman–Crippen LogP) is 2.52. The molecule has 1 aromatic heterocycles. The molecule has 0 amide bonds. The number of ether oxygens (including phenoxy) is 2. The van der Waals surface area contributed by atoms with Gasteiger partial charge in [0.25, 0.3) is 5.56 Å². The molecule has 0 fully saturated rings. The van der Waals surface area contributed by atoms with Crippen LogP contribution in [0, 0.1) is 0 Å². The summed E-state index contributed by atoms with van der Waals surface area (Å²) in [5, 5.41) is 0. The number of nitrogens with zero attached hydrogens (tertiary/aromatic N) is 1. The standard InChI is InChI=1S/C16H12F3NO4/c17-16(18,19)11-2-4-15(22)20(8-11)9-12(21)10-1-3-13-14(7-10)24-6-5-23-13/h1-4,7-8H,5-6,9H2. The maximum absolute atomic E-state index is 12.7.